The van der Waals surface area contributed by atoms with Crippen molar-refractivity contribution in [1.29, 1.82) is 5.26 Å². The number of amides is 1. The van der Waals surface area contributed by atoms with Crippen LogP contribution in [-0.4, -0.2) is 25.5 Å². The third kappa shape index (κ3) is 4.58. The van der Waals surface area contributed by atoms with Crippen LogP contribution in [0.1, 0.15) is 22.3 Å². The maximum atomic E-state index is 12.0. The molecule has 2 aromatic carbocycles. The number of para-hydroxylation sites is 1. The first-order chi connectivity index (χ1) is 11.6. The quantitative estimate of drug-likeness (QED) is 0.798. The highest BCUT2D eigenvalue weighted by Crippen LogP contribution is 2.16. The van der Waals surface area contributed by atoms with Crippen molar-refractivity contribution in [3.63, 3.8) is 0 Å². The van der Waals surface area contributed by atoms with Gasteiger partial charge < -0.3 is 15.4 Å². The van der Waals surface area contributed by atoms with Crippen molar-refractivity contribution in [2.75, 3.05) is 24.3 Å². The van der Waals surface area contributed by atoms with Gasteiger partial charge in [-0.25, -0.2) is 4.79 Å². The first-order valence-electron chi connectivity index (χ1n) is 7.35. The summed E-state index contributed by atoms with van der Waals surface area (Å²) < 4.78 is 4.69. The molecule has 0 aliphatic heterocycles. The molecule has 0 aliphatic carbocycles. The number of nitrogens with one attached hydrogen (secondary N) is 2. The van der Waals surface area contributed by atoms with Crippen LogP contribution in [0.3, 0.4) is 0 Å². The second kappa shape index (κ2) is 8.34. The number of rotatable bonds is 6. The van der Waals surface area contributed by atoms with E-state index in [4.69, 9.17) is 10.00 Å². The van der Waals surface area contributed by atoms with Crippen LogP contribution in [0, 0.1) is 11.3 Å². The number of carbonyl (C=O) groups excluding carboxylic acids is 2. The molecule has 0 aliphatic rings. The summed E-state index contributed by atoms with van der Waals surface area (Å²) in [6, 6.07) is 15.7. The predicted molar refractivity (Wildman–Crippen MR) is 90.7 cm³/mol. The van der Waals surface area contributed by atoms with Gasteiger partial charge in [-0.2, -0.15) is 5.26 Å². The zero-order valence-electron chi connectivity index (χ0n) is 13.2. The van der Waals surface area contributed by atoms with Gasteiger partial charge in [0, 0.05) is 18.7 Å². The number of hydrogen-bond acceptors (Lipinski definition) is 5. The molecule has 6 heteroatoms. The molecule has 0 saturated carbocycles. The summed E-state index contributed by atoms with van der Waals surface area (Å²) in [4.78, 5) is 23.7. The van der Waals surface area contributed by atoms with Gasteiger partial charge in [-0.15, -0.1) is 0 Å². The third-order valence-electron chi connectivity index (χ3n) is 3.28. The third-order valence-corrected chi connectivity index (χ3v) is 3.28. The number of carbonyl (C=O) groups is 2. The second-order valence-corrected chi connectivity index (χ2v) is 4.95. The Bertz CT molecular complexity index is 781. The van der Waals surface area contributed by atoms with E-state index in [-0.39, 0.29) is 12.3 Å². The maximum Gasteiger partial charge on any atom is 0.339 e. The van der Waals surface area contributed by atoms with Crippen LogP contribution in [0.25, 0.3) is 0 Å². The molecule has 0 bridgehead atoms. The van der Waals surface area contributed by atoms with E-state index in [0.29, 0.717) is 23.4 Å². The largest absolute Gasteiger partial charge is 0.465 e. The fraction of sp³-hybridized carbons (Fsp3) is 0.167. The second-order valence-electron chi connectivity index (χ2n) is 4.95. The van der Waals surface area contributed by atoms with Crippen LogP contribution in [0.15, 0.2) is 48.5 Å². The summed E-state index contributed by atoms with van der Waals surface area (Å²) in [5.41, 5.74) is 2.05. The molecule has 0 heterocycles. The molecule has 0 aromatic heterocycles. The highest BCUT2D eigenvalue weighted by atomic mass is 16.5. The minimum atomic E-state index is -0.502. The van der Waals surface area contributed by atoms with Gasteiger partial charge in [0.25, 0.3) is 0 Å². The lowest BCUT2D eigenvalue weighted by atomic mass is 10.1. The van der Waals surface area contributed by atoms with Gasteiger partial charge in [0.1, 0.15) is 0 Å². The molecule has 6 nitrogen and oxygen atoms in total. The van der Waals surface area contributed by atoms with Gasteiger partial charge in [-0.1, -0.05) is 18.2 Å². The fourth-order valence-electron chi connectivity index (χ4n) is 2.11. The van der Waals surface area contributed by atoms with Crippen LogP contribution in [0.4, 0.5) is 11.4 Å². The molecular weight excluding hydrogens is 306 g/mol. The fourth-order valence-corrected chi connectivity index (χ4v) is 2.11. The summed E-state index contributed by atoms with van der Waals surface area (Å²) in [6.45, 7) is 0.404. The van der Waals surface area contributed by atoms with E-state index in [9.17, 15) is 9.59 Å². The number of nitriles is 1. The lowest BCUT2D eigenvalue weighted by molar-refractivity contribution is -0.115. The van der Waals surface area contributed by atoms with Gasteiger partial charge >= 0.3 is 5.97 Å². The molecule has 0 fully saturated rings. The van der Waals surface area contributed by atoms with Gasteiger partial charge in [0.05, 0.1) is 30.0 Å². The summed E-state index contributed by atoms with van der Waals surface area (Å²) in [5, 5.41) is 14.6. The molecule has 0 saturated heterocycles. The molecule has 1 amide bonds. The van der Waals surface area contributed by atoms with E-state index in [1.165, 1.54) is 7.11 Å². The van der Waals surface area contributed by atoms with Crippen LogP contribution in [0.5, 0.6) is 0 Å². The van der Waals surface area contributed by atoms with E-state index in [2.05, 4.69) is 16.7 Å². The summed E-state index contributed by atoms with van der Waals surface area (Å²) in [6.07, 6.45) is 0.215. The number of esters is 1. The number of benzene rings is 2. The molecule has 2 rings (SSSR count). The zero-order chi connectivity index (χ0) is 17.4. The first-order valence-corrected chi connectivity index (χ1v) is 7.35. The Morgan fingerprint density at radius 1 is 1.17 bits per heavy atom. The Kier molecular flexibility index (Phi) is 5.92. The van der Waals surface area contributed by atoms with Gasteiger partial charge in [-0.3, -0.25) is 4.79 Å². The lowest BCUT2D eigenvalue weighted by Gasteiger charge is -2.10. The number of methoxy groups -OCH3 is 1. The van der Waals surface area contributed by atoms with Crippen LogP contribution >= 0.6 is 0 Å². The Morgan fingerprint density at radius 2 is 1.96 bits per heavy atom. The standard InChI is InChI=1S/C18H17N3O3/c1-24-18(23)15-7-2-3-8-16(15)21-17(22)9-10-20-14-6-4-5-13(11-14)12-19/h2-8,11,20H,9-10H2,1H3,(H,21,22). The molecule has 2 aromatic rings. The van der Waals surface area contributed by atoms with Gasteiger partial charge in [0.15, 0.2) is 0 Å². The Balaban J connectivity index is 1.90. The number of ether oxygens (including phenoxy) is 1. The highest BCUT2D eigenvalue weighted by molar-refractivity contribution is 6.01. The zero-order valence-corrected chi connectivity index (χ0v) is 13.2. The molecule has 0 spiro atoms. The minimum Gasteiger partial charge on any atom is -0.465 e. The lowest BCUT2D eigenvalue weighted by Crippen LogP contribution is -2.18. The van der Waals surface area contributed by atoms with Crippen molar-refractivity contribution in [3.8, 4) is 6.07 Å². The average Bonchev–Trinajstić information content (AvgIpc) is 2.61. The molecule has 0 unspecified atom stereocenters. The number of anilines is 2. The van der Waals surface area contributed by atoms with Crippen LogP contribution < -0.4 is 10.6 Å². The van der Waals surface area contributed by atoms with E-state index < -0.39 is 5.97 Å². The summed E-state index contributed by atoms with van der Waals surface area (Å²) >= 11 is 0. The van der Waals surface area contributed by atoms with Crippen molar-refractivity contribution in [3.05, 3.63) is 59.7 Å². The summed E-state index contributed by atoms with van der Waals surface area (Å²) in [5.74, 6) is -0.729. The molecule has 122 valence electrons. The predicted octanol–water partition coefficient (Wildman–Crippen LogP) is 2.79. The van der Waals surface area contributed by atoms with E-state index >= 15 is 0 Å². The SMILES string of the molecule is COC(=O)c1ccccc1NC(=O)CCNc1cccc(C#N)c1. The van der Waals surface area contributed by atoms with Gasteiger partial charge in [0.2, 0.25) is 5.91 Å². The topological polar surface area (TPSA) is 91.2 Å². The van der Waals surface area contributed by atoms with Crippen LogP contribution in [0.2, 0.25) is 0 Å². The van der Waals surface area contributed by atoms with E-state index in [1.54, 1.807) is 42.5 Å². The van der Waals surface area contributed by atoms with Gasteiger partial charge in [-0.05, 0) is 30.3 Å². The average molecular weight is 323 g/mol. The van der Waals surface area contributed by atoms with Crippen molar-refractivity contribution >= 4 is 23.3 Å². The van der Waals surface area contributed by atoms with Crippen molar-refractivity contribution in [1.82, 2.24) is 0 Å². The van der Waals surface area contributed by atoms with Crippen LogP contribution in [-0.2, 0) is 9.53 Å². The van der Waals surface area contributed by atoms with Crippen molar-refractivity contribution in [2.45, 2.75) is 6.42 Å². The monoisotopic (exact) mass is 323 g/mol. The van der Waals surface area contributed by atoms with E-state index in [1.807, 2.05) is 6.07 Å². The van der Waals surface area contributed by atoms with Crippen molar-refractivity contribution in [2.24, 2.45) is 0 Å². The normalized spacial score (nSPS) is 9.67. The van der Waals surface area contributed by atoms with E-state index in [0.717, 1.165) is 5.69 Å². The Labute approximate surface area is 140 Å². The molecule has 0 radical (unpaired) electrons. The molecular formula is C18H17N3O3. The first kappa shape index (κ1) is 17.0. The summed E-state index contributed by atoms with van der Waals surface area (Å²) in [7, 11) is 1.29. The Hall–Kier alpha value is -3.33. The number of hydrogen-bond donors (Lipinski definition) is 2. The molecule has 0 atom stereocenters. The van der Waals surface area contributed by atoms with Crippen molar-refractivity contribution < 1.29 is 14.3 Å². The Morgan fingerprint density at radius 3 is 2.71 bits per heavy atom. The smallest absolute Gasteiger partial charge is 0.339 e. The number of nitrogens with zero attached hydrogens (tertiary/aromatic N) is 1. The minimum absolute atomic E-state index is 0.215. The highest BCUT2D eigenvalue weighted by Gasteiger charge is 2.12. The molecule has 2 N–H and O–H groups in total. The molecule has 24 heavy (non-hydrogen) atoms. The maximum absolute atomic E-state index is 12.0.